The fourth-order valence-electron chi connectivity index (χ4n) is 2.80. The highest BCUT2D eigenvalue weighted by molar-refractivity contribution is 7.19. The average Bonchev–Trinajstić information content (AvgIpc) is 2.89. The summed E-state index contributed by atoms with van der Waals surface area (Å²) in [6.45, 7) is 3.28. The van der Waals surface area contributed by atoms with Gasteiger partial charge in [0.15, 0.2) is 0 Å². The molecule has 23 heavy (non-hydrogen) atoms. The van der Waals surface area contributed by atoms with Crippen LogP contribution in [0.25, 0.3) is 10.1 Å². The van der Waals surface area contributed by atoms with Gasteiger partial charge in [-0.25, -0.2) is 4.79 Å². The first-order valence-electron chi connectivity index (χ1n) is 7.60. The Kier molecular flexibility index (Phi) is 4.73. The van der Waals surface area contributed by atoms with Gasteiger partial charge >= 0.3 is 6.03 Å². The molecule has 2 heterocycles. The van der Waals surface area contributed by atoms with Gasteiger partial charge in [-0.15, -0.1) is 11.3 Å². The van der Waals surface area contributed by atoms with Gasteiger partial charge in [-0.2, -0.15) is 0 Å². The number of carbonyl (C=O) groups is 2. The molecule has 3 amide bonds. The lowest BCUT2D eigenvalue weighted by atomic mass is 10.1. The van der Waals surface area contributed by atoms with Crippen molar-refractivity contribution >= 4 is 45.0 Å². The molecule has 0 saturated carbocycles. The van der Waals surface area contributed by atoms with E-state index in [1.165, 1.54) is 0 Å². The molecule has 2 N–H and O–H groups in total. The number of rotatable bonds is 3. The number of piperazine rings is 1. The minimum atomic E-state index is -0.401. The van der Waals surface area contributed by atoms with Crippen molar-refractivity contribution in [3.8, 4) is 0 Å². The molecule has 1 aliphatic heterocycles. The van der Waals surface area contributed by atoms with Gasteiger partial charge in [0.05, 0.1) is 11.6 Å². The van der Waals surface area contributed by atoms with Crippen LogP contribution >= 0.6 is 22.9 Å². The van der Waals surface area contributed by atoms with Gasteiger partial charge in [-0.05, 0) is 12.5 Å². The summed E-state index contributed by atoms with van der Waals surface area (Å²) in [6.07, 6.45) is 0.600. The van der Waals surface area contributed by atoms with Crippen LogP contribution in [0.4, 0.5) is 4.79 Å². The summed E-state index contributed by atoms with van der Waals surface area (Å²) in [7, 11) is 0. The van der Waals surface area contributed by atoms with Gasteiger partial charge < -0.3 is 15.5 Å². The van der Waals surface area contributed by atoms with Crippen molar-refractivity contribution in [1.82, 2.24) is 15.5 Å². The SMILES string of the molecule is CC[C@H]1C(=O)NCCN1C(=O)NCc1sc2ccccc2c1Cl. The van der Waals surface area contributed by atoms with E-state index in [-0.39, 0.29) is 11.9 Å². The monoisotopic (exact) mass is 351 g/mol. The first-order valence-corrected chi connectivity index (χ1v) is 8.79. The lowest BCUT2D eigenvalue weighted by molar-refractivity contribution is -0.127. The van der Waals surface area contributed by atoms with Gasteiger partial charge in [0.1, 0.15) is 6.04 Å². The Morgan fingerprint density at radius 3 is 3.00 bits per heavy atom. The van der Waals surface area contributed by atoms with Crippen molar-refractivity contribution in [3.05, 3.63) is 34.2 Å². The average molecular weight is 352 g/mol. The summed E-state index contributed by atoms with van der Waals surface area (Å²) in [4.78, 5) is 26.8. The van der Waals surface area contributed by atoms with Gasteiger partial charge in [0.2, 0.25) is 5.91 Å². The first kappa shape index (κ1) is 16.1. The van der Waals surface area contributed by atoms with E-state index in [0.29, 0.717) is 31.1 Å². The zero-order valence-corrected chi connectivity index (χ0v) is 14.3. The zero-order valence-electron chi connectivity index (χ0n) is 12.8. The Hall–Kier alpha value is -1.79. The van der Waals surface area contributed by atoms with E-state index in [9.17, 15) is 9.59 Å². The minimum absolute atomic E-state index is 0.0891. The van der Waals surface area contributed by atoms with Gasteiger partial charge in [-0.1, -0.05) is 36.7 Å². The summed E-state index contributed by atoms with van der Waals surface area (Å²) in [5.41, 5.74) is 0. The number of carbonyl (C=O) groups excluding carboxylic acids is 2. The Bertz CT molecular complexity index is 746. The molecule has 122 valence electrons. The lowest BCUT2D eigenvalue weighted by Gasteiger charge is -2.34. The second kappa shape index (κ2) is 6.76. The number of halogens is 1. The third-order valence-electron chi connectivity index (χ3n) is 3.98. The third kappa shape index (κ3) is 3.14. The standard InChI is InChI=1S/C16H18ClN3O2S/c1-2-11-15(21)18-7-8-20(11)16(22)19-9-13-14(17)10-5-3-4-6-12(10)23-13/h3-6,11H,2,7-9H2,1H3,(H,18,21)(H,19,22)/t11-/m0/s1. The number of hydrogen-bond acceptors (Lipinski definition) is 3. The van der Waals surface area contributed by atoms with Crippen LogP contribution in [0.3, 0.4) is 0 Å². The van der Waals surface area contributed by atoms with Crippen LogP contribution in [0, 0.1) is 0 Å². The summed E-state index contributed by atoms with van der Waals surface area (Å²) in [5.74, 6) is -0.0891. The minimum Gasteiger partial charge on any atom is -0.353 e. The predicted molar refractivity (Wildman–Crippen MR) is 92.9 cm³/mol. The van der Waals surface area contributed by atoms with Crippen LogP contribution in [0.15, 0.2) is 24.3 Å². The van der Waals surface area contributed by atoms with Gasteiger partial charge in [0.25, 0.3) is 0 Å². The molecule has 0 aliphatic carbocycles. The van der Waals surface area contributed by atoms with Gasteiger partial charge in [-0.3, -0.25) is 4.79 Å². The fraction of sp³-hybridized carbons (Fsp3) is 0.375. The quantitative estimate of drug-likeness (QED) is 0.893. The van der Waals surface area contributed by atoms with Crippen molar-refractivity contribution in [2.75, 3.05) is 13.1 Å². The second-order valence-corrected chi connectivity index (χ2v) is 6.92. The molecule has 1 aromatic carbocycles. The van der Waals surface area contributed by atoms with E-state index in [2.05, 4.69) is 10.6 Å². The molecular formula is C16H18ClN3O2S. The molecule has 1 saturated heterocycles. The molecular weight excluding hydrogens is 334 g/mol. The molecule has 2 aromatic rings. The number of hydrogen-bond donors (Lipinski definition) is 2. The molecule has 0 spiro atoms. The number of nitrogens with zero attached hydrogens (tertiary/aromatic N) is 1. The predicted octanol–water partition coefficient (Wildman–Crippen LogP) is 2.97. The normalized spacial score (nSPS) is 18.1. The topological polar surface area (TPSA) is 61.4 Å². The maximum absolute atomic E-state index is 12.4. The number of fused-ring (bicyclic) bond motifs is 1. The second-order valence-electron chi connectivity index (χ2n) is 5.40. The van der Waals surface area contributed by atoms with Crippen molar-refractivity contribution in [1.29, 1.82) is 0 Å². The maximum atomic E-state index is 12.4. The van der Waals surface area contributed by atoms with Crippen molar-refractivity contribution in [2.24, 2.45) is 0 Å². The summed E-state index contributed by atoms with van der Waals surface area (Å²) >= 11 is 7.96. The molecule has 5 nitrogen and oxygen atoms in total. The molecule has 0 bridgehead atoms. The van der Waals surface area contributed by atoms with Crippen LogP contribution < -0.4 is 10.6 Å². The van der Waals surface area contributed by atoms with E-state index in [1.807, 2.05) is 31.2 Å². The van der Waals surface area contributed by atoms with Crippen LogP contribution in [-0.2, 0) is 11.3 Å². The highest BCUT2D eigenvalue weighted by Crippen LogP contribution is 2.34. The Labute approximate surface area is 143 Å². The third-order valence-corrected chi connectivity index (χ3v) is 5.69. The van der Waals surface area contributed by atoms with Crippen molar-refractivity contribution in [2.45, 2.75) is 25.9 Å². The number of thiophene rings is 1. The number of amides is 3. The molecule has 1 fully saturated rings. The van der Waals surface area contributed by atoms with E-state index >= 15 is 0 Å². The molecule has 1 aromatic heterocycles. The van der Waals surface area contributed by atoms with Crippen LogP contribution in [0.5, 0.6) is 0 Å². The molecule has 3 rings (SSSR count). The molecule has 0 radical (unpaired) electrons. The Morgan fingerprint density at radius 2 is 2.26 bits per heavy atom. The Morgan fingerprint density at radius 1 is 1.48 bits per heavy atom. The van der Waals surface area contributed by atoms with E-state index < -0.39 is 6.04 Å². The summed E-state index contributed by atoms with van der Waals surface area (Å²) < 4.78 is 1.10. The lowest BCUT2D eigenvalue weighted by Crippen LogP contribution is -2.59. The first-order chi connectivity index (χ1) is 11.1. The van der Waals surface area contributed by atoms with E-state index in [0.717, 1.165) is 15.0 Å². The fourth-order valence-corrected chi connectivity index (χ4v) is 4.24. The largest absolute Gasteiger partial charge is 0.353 e. The van der Waals surface area contributed by atoms with Crippen molar-refractivity contribution < 1.29 is 9.59 Å². The summed E-state index contributed by atoms with van der Waals surface area (Å²) in [5, 5.41) is 7.37. The van der Waals surface area contributed by atoms with Crippen molar-refractivity contribution in [3.63, 3.8) is 0 Å². The molecule has 7 heteroatoms. The highest BCUT2D eigenvalue weighted by Gasteiger charge is 2.31. The van der Waals surface area contributed by atoms with E-state index in [4.69, 9.17) is 11.6 Å². The number of urea groups is 1. The van der Waals surface area contributed by atoms with Crippen LogP contribution in [0.2, 0.25) is 5.02 Å². The van der Waals surface area contributed by atoms with Gasteiger partial charge in [0, 0.05) is 28.1 Å². The number of nitrogens with one attached hydrogen (secondary N) is 2. The maximum Gasteiger partial charge on any atom is 0.318 e. The van der Waals surface area contributed by atoms with Crippen LogP contribution in [0.1, 0.15) is 18.2 Å². The highest BCUT2D eigenvalue weighted by atomic mass is 35.5. The molecule has 1 atom stereocenters. The Balaban J connectivity index is 1.70. The molecule has 1 aliphatic rings. The zero-order chi connectivity index (χ0) is 16.4. The van der Waals surface area contributed by atoms with E-state index in [1.54, 1.807) is 16.2 Å². The summed E-state index contributed by atoms with van der Waals surface area (Å²) in [6, 6.07) is 7.28. The smallest absolute Gasteiger partial charge is 0.318 e. The number of benzene rings is 1. The van der Waals surface area contributed by atoms with Crippen LogP contribution in [-0.4, -0.2) is 36.0 Å². The molecule has 0 unspecified atom stereocenters.